The molecule has 1 heterocycles. The monoisotopic (exact) mass is 228 g/mol. The Bertz CT molecular complexity index is 301. The quantitative estimate of drug-likeness (QED) is 0.648. The lowest BCUT2D eigenvalue weighted by atomic mass is 10.4. The van der Waals surface area contributed by atoms with Crippen LogP contribution in [0.4, 0.5) is 0 Å². The number of hydrogen-bond donors (Lipinski definition) is 1. The molecule has 6 heteroatoms. The summed E-state index contributed by atoms with van der Waals surface area (Å²) in [5, 5.41) is 8.10. The summed E-state index contributed by atoms with van der Waals surface area (Å²) >= 11 is 0. The first kappa shape index (κ1) is 13.1. The number of rotatable bonds is 8. The first-order chi connectivity index (χ1) is 7.83. The summed E-state index contributed by atoms with van der Waals surface area (Å²) in [7, 11) is 1.65. The number of methoxy groups -OCH3 is 1. The molecule has 0 fully saturated rings. The molecule has 0 saturated carbocycles. The Morgan fingerprint density at radius 1 is 1.25 bits per heavy atom. The molecule has 6 nitrogen and oxygen atoms in total. The fraction of sp³-hybridized carbons (Fsp3) is 0.800. The van der Waals surface area contributed by atoms with Crippen LogP contribution in [0.3, 0.4) is 0 Å². The fourth-order valence-electron chi connectivity index (χ4n) is 1.42. The van der Waals surface area contributed by atoms with Gasteiger partial charge in [-0.3, -0.25) is 0 Å². The molecule has 0 aliphatic rings. The molecule has 1 aromatic rings. The van der Waals surface area contributed by atoms with Gasteiger partial charge in [0.2, 0.25) is 0 Å². The van der Waals surface area contributed by atoms with Gasteiger partial charge in [-0.2, -0.15) is 0 Å². The molecule has 0 unspecified atom stereocenters. The molecule has 0 aromatic carbocycles. The van der Waals surface area contributed by atoms with Gasteiger partial charge in [-0.1, -0.05) is 6.92 Å². The number of nitrogens with two attached hydrogens (primary N) is 1. The Morgan fingerprint density at radius 2 is 2.00 bits per heavy atom. The Balaban J connectivity index is 2.53. The van der Waals surface area contributed by atoms with E-state index in [-0.39, 0.29) is 0 Å². The summed E-state index contributed by atoms with van der Waals surface area (Å²) in [6.45, 7) is 5.00. The van der Waals surface area contributed by atoms with Crippen molar-refractivity contribution >= 4 is 0 Å². The predicted octanol–water partition coefficient (Wildman–Crippen LogP) is 0.310. The van der Waals surface area contributed by atoms with Gasteiger partial charge in [0.25, 0.3) is 0 Å². The molecule has 16 heavy (non-hydrogen) atoms. The van der Waals surface area contributed by atoms with Crippen LogP contribution in [0.2, 0.25) is 0 Å². The molecular formula is C10H20N4O2. The summed E-state index contributed by atoms with van der Waals surface area (Å²) in [5.74, 6) is 1.64. The van der Waals surface area contributed by atoms with Gasteiger partial charge in [0, 0.05) is 13.7 Å². The second-order valence-corrected chi connectivity index (χ2v) is 3.43. The number of hydrogen-bond acceptors (Lipinski definition) is 5. The van der Waals surface area contributed by atoms with Crippen molar-refractivity contribution in [3.63, 3.8) is 0 Å². The van der Waals surface area contributed by atoms with E-state index < -0.39 is 0 Å². The summed E-state index contributed by atoms with van der Waals surface area (Å²) in [5.41, 5.74) is 5.59. The van der Waals surface area contributed by atoms with E-state index >= 15 is 0 Å². The highest BCUT2D eigenvalue weighted by atomic mass is 16.5. The lowest BCUT2D eigenvalue weighted by Gasteiger charge is -2.08. The highest BCUT2D eigenvalue weighted by Crippen LogP contribution is 2.04. The normalized spacial score (nSPS) is 10.9. The number of ether oxygens (including phenoxy) is 2. The highest BCUT2D eigenvalue weighted by Gasteiger charge is 2.09. The zero-order chi connectivity index (χ0) is 11.8. The molecule has 0 aliphatic carbocycles. The van der Waals surface area contributed by atoms with Crippen LogP contribution < -0.4 is 5.73 Å². The third-order valence-electron chi connectivity index (χ3n) is 2.20. The molecule has 1 rings (SSSR count). The van der Waals surface area contributed by atoms with Crippen LogP contribution >= 0.6 is 0 Å². The van der Waals surface area contributed by atoms with Gasteiger partial charge in [-0.15, -0.1) is 10.2 Å². The first-order valence-corrected chi connectivity index (χ1v) is 5.51. The van der Waals surface area contributed by atoms with E-state index in [2.05, 4.69) is 17.1 Å². The zero-order valence-corrected chi connectivity index (χ0v) is 9.98. The van der Waals surface area contributed by atoms with Gasteiger partial charge in [0.15, 0.2) is 5.82 Å². The molecule has 0 atom stereocenters. The SMILES string of the molecule is CCCn1c(CN)nnc1COCCOC. The third-order valence-corrected chi connectivity index (χ3v) is 2.20. The van der Waals surface area contributed by atoms with Crippen molar-refractivity contribution < 1.29 is 9.47 Å². The molecule has 2 N–H and O–H groups in total. The predicted molar refractivity (Wildman–Crippen MR) is 59.7 cm³/mol. The average molecular weight is 228 g/mol. The van der Waals surface area contributed by atoms with Crippen LogP contribution in [0.25, 0.3) is 0 Å². The van der Waals surface area contributed by atoms with E-state index in [4.69, 9.17) is 15.2 Å². The number of nitrogens with zero attached hydrogens (tertiary/aromatic N) is 3. The minimum absolute atomic E-state index is 0.408. The molecule has 0 spiro atoms. The van der Waals surface area contributed by atoms with Crippen molar-refractivity contribution in [1.29, 1.82) is 0 Å². The van der Waals surface area contributed by atoms with Crippen LogP contribution in [0.15, 0.2) is 0 Å². The summed E-state index contributed by atoms with van der Waals surface area (Å²) in [4.78, 5) is 0. The van der Waals surface area contributed by atoms with Crippen LogP contribution in [0.1, 0.15) is 25.0 Å². The highest BCUT2D eigenvalue weighted by molar-refractivity contribution is 4.94. The van der Waals surface area contributed by atoms with Gasteiger partial charge in [0.1, 0.15) is 12.4 Å². The molecule has 0 saturated heterocycles. The van der Waals surface area contributed by atoms with Gasteiger partial charge in [-0.05, 0) is 6.42 Å². The second kappa shape index (κ2) is 7.32. The first-order valence-electron chi connectivity index (χ1n) is 5.51. The molecule has 92 valence electrons. The standard InChI is InChI=1S/C10H20N4O2/c1-3-4-14-9(7-11)12-13-10(14)8-16-6-5-15-2/h3-8,11H2,1-2H3. The van der Waals surface area contributed by atoms with E-state index in [1.54, 1.807) is 7.11 Å². The van der Waals surface area contributed by atoms with Crippen molar-refractivity contribution in [1.82, 2.24) is 14.8 Å². The smallest absolute Gasteiger partial charge is 0.159 e. The van der Waals surface area contributed by atoms with Crippen molar-refractivity contribution in [2.45, 2.75) is 33.0 Å². The minimum Gasteiger partial charge on any atom is -0.382 e. The Labute approximate surface area is 95.7 Å². The van der Waals surface area contributed by atoms with Crippen molar-refractivity contribution in [3.8, 4) is 0 Å². The number of aromatic nitrogens is 3. The average Bonchev–Trinajstić information content (AvgIpc) is 2.68. The Morgan fingerprint density at radius 3 is 2.62 bits per heavy atom. The second-order valence-electron chi connectivity index (χ2n) is 3.43. The maximum Gasteiger partial charge on any atom is 0.159 e. The van der Waals surface area contributed by atoms with Crippen molar-refractivity contribution in [2.24, 2.45) is 5.73 Å². The largest absolute Gasteiger partial charge is 0.382 e. The van der Waals surface area contributed by atoms with Crippen LogP contribution in [0.5, 0.6) is 0 Å². The van der Waals surface area contributed by atoms with Gasteiger partial charge >= 0.3 is 0 Å². The molecular weight excluding hydrogens is 208 g/mol. The summed E-state index contributed by atoms with van der Waals surface area (Å²) in [6, 6.07) is 0. The molecule has 0 radical (unpaired) electrons. The summed E-state index contributed by atoms with van der Waals surface area (Å²) in [6.07, 6.45) is 1.02. The van der Waals surface area contributed by atoms with Gasteiger partial charge < -0.3 is 19.8 Å². The van der Waals surface area contributed by atoms with E-state index in [0.29, 0.717) is 26.4 Å². The molecule has 0 bridgehead atoms. The maximum atomic E-state index is 5.59. The van der Waals surface area contributed by atoms with E-state index in [1.165, 1.54) is 0 Å². The molecule has 1 aromatic heterocycles. The Hall–Kier alpha value is -0.980. The van der Waals surface area contributed by atoms with Crippen LogP contribution in [-0.4, -0.2) is 35.1 Å². The van der Waals surface area contributed by atoms with E-state index in [9.17, 15) is 0 Å². The van der Waals surface area contributed by atoms with E-state index in [0.717, 1.165) is 24.6 Å². The topological polar surface area (TPSA) is 75.2 Å². The lowest BCUT2D eigenvalue weighted by Crippen LogP contribution is -2.12. The van der Waals surface area contributed by atoms with Crippen molar-refractivity contribution in [2.75, 3.05) is 20.3 Å². The van der Waals surface area contributed by atoms with E-state index in [1.807, 2.05) is 4.57 Å². The van der Waals surface area contributed by atoms with Crippen molar-refractivity contribution in [3.05, 3.63) is 11.6 Å². The maximum absolute atomic E-state index is 5.59. The summed E-state index contributed by atoms with van der Waals surface area (Å²) < 4.78 is 12.3. The molecule has 0 aliphatic heterocycles. The van der Waals surface area contributed by atoms with Crippen LogP contribution in [-0.2, 0) is 29.2 Å². The molecule has 0 amide bonds. The zero-order valence-electron chi connectivity index (χ0n) is 9.98. The van der Waals surface area contributed by atoms with Gasteiger partial charge in [0.05, 0.1) is 19.8 Å². The van der Waals surface area contributed by atoms with Crippen LogP contribution in [0, 0.1) is 0 Å². The van der Waals surface area contributed by atoms with Gasteiger partial charge in [-0.25, -0.2) is 0 Å². The fourth-order valence-corrected chi connectivity index (χ4v) is 1.42. The minimum atomic E-state index is 0.408. The third kappa shape index (κ3) is 3.55. The lowest BCUT2D eigenvalue weighted by molar-refractivity contribution is 0.0571. The Kier molecular flexibility index (Phi) is 5.99.